The number of allylic oxidation sites excluding steroid dienone is 2. The Morgan fingerprint density at radius 2 is 2.00 bits per heavy atom. The van der Waals surface area contributed by atoms with Crippen molar-refractivity contribution in [2.75, 3.05) is 19.8 Å². The summed E-state index contributed by atoms with van der Waals surface area (Å²) in [7, 11) is 0. The molecule has 1 aromatic rings. The summed E-state index contributed by atoms with van der Waals surface area (Å²) in [5.74, 6) is -0.179. The van der Waals surface area contributed by atoms with Gasteiger partial charge in [0.05, 0.1) is 12.5 Å². The molecule has 0 N–H and O–H groups in total. The lowest BCUT2D eigenvalue weighted by molar-refractivity contribution is -0.148. The van der Waals surface area contributed by atoms with E-state index < -0.39 is 17.8 Å². The summed E-state index contributed by atoms with van der Waals surface area (Å²) in [6.07, 6.45) is 1.14. The lowest BCUT2D eigenvalue weighted by Crippen LogP contribution is -2.39. The number of ketones is 1. The average Bonchev–Trinajstić information content (AvgIpc) is 3.02. The van der Waals surface area contributed by atoms with E-state index in [0.29, 0.717) is 43.1 Å². The van der Waals surface area contributed by atoms with Crippen molar-refractivity contribution in [3.05, 3.63) is 34.9 Å². The molecule has 2 aliphatic rings. The van der Waals surface area contributed by atoms with Gasteiger partial charge in [-0.15, -0.1) is 0 Å². The number of ether oxygens (including phenoxy) is 2. The van der Waals surface area contributed by atoms with Crippen LogP contribution in [0.2, 0.25) is 0 Å². The molecule has 1 unspecified atom stereocenters. The Kier molecular flexibility index (Phi) is 5.89. The molecule has 152 valence electrons. The minimum atomic E-state index is -0.670. The highest BCUT2D eigenvalue weighted by atomic mass is 16.6. The molecule has 0 radical (unpaired) electrons. The van der Waals surface area contributed by atoms with Crippen molar-refractivity contribution >= 4 is 17.5 Å². The Morgan fingerprint density at radius 1 is 1.25 bits per heavy atom. The molecular weight excluding hydrogens is 358 g/mol. The number of esters is 1. The van der Waals surface area contributed by atoms with Crippen LogP contribution >= 0.6 is 0 Å². The van der Waals surface area contributed by atoms with E-state index in [1.807, 2.05) is 32.9 Å². The molecule has 6 nitrogen and oxygen atoms in total. The first-order valence-electron chi connectivity index (χ1n) is 9.85. The Morgan fingerprint density at radius 3 is 2.64 bits per heavy atom. The van der Waals surface area contributed by atoms with Crippen molar-refractivity contribution in [3.63, 3.8) is 0 Å². The summed E-state index contributed by atoms with van der Waals surface area (Å²) in [4.78, 5) is 30.7. The average molecular weight is 387 g/mol. The first kappa shape index (κ1) is 20.5. The van der Waals surface area contributed by atoms with Gasteiger partial charge in [-0.3, -0.25) is 14.6 Å². The van der Waals surface area contributed by atoms with Crippen LogP contribution in [0.1, 0.15) is 58.0 Å². The number of furan rings is 1. The van der Waals surface area contributed by atoms with Crippen LogP contribution in [0.4, 0.5) is 0 Å². The number of Topliss-reactive ketones (excluding diaryl/α,β-unsaturated/α-hetero) is 1. The van der Waals surface area contributed by atoms with Gasteiger partial charge < -0.3 is 13.9 Å². The van der Waals surface area contributed by atoms with Crippen molar-refractivity contribution in [2.45, 2.75) is 53.4 Å². The SMILES string of the molecule is CCOCCOC(=O)C1C(C)=NC2=C(C(=O)CC(C)(C)C2)[C@H]1c1ccc(C)o1. The molecule has 2 atom stereocenters. The molecule has 28 heavy (non-hydrogen) atoms. The van der Waals surface area contributed by atoms with Crippen LogP contribution < -0.4 is 0 Å². The number of hydrogen-bond donors (Lipinski definition) is 0. The van der Waals surface area contributed by atoms with E-state index in [9.17, 15) is 9.59 Å². The second-order valence-corrected chi connectivity index (χ2v) is 8.32. The minimum absolute atomic E-state index is 0.0358. The normalized spacial score (nSPS) is 24.0. The molecule has 1 aromatic heterocycles. The highest BCUT2D eigenvalue weighted by Gasteiger charge is 2.47. The standard InChI is InChI=1S/C22H29NO5/c1-6-26-9-10-27-21(25)18-14(3)23-15-11-22(4,5)12-16(24)19(15)20(18)17-8-7-13(2)28-17/h7-8,18,20H,6,9-12H2,1-5H3/t18?,20-/m0/s1. The van der Waals surface area contributed by atoms with Crippen molar-refractivity contribution in [3.8, 4) is 0 Å². The van der Waals surface area contributed by atoms with Gasteiger partial charge in [0.15, 0.2) is 5.78 Å². The Hall–Kier alpha value is -2.21. The fourth-order valence-corrected chi connectivity index (χ4v) is 4.11. The molecule has 1 aliphatic heterocycles. The first-order chi connectivity index (χ1) is 13.2. The second-order valence-electron chi connectivity index (χ2n) is 8.32. The third-order valence-corrected chi connectivity index (χ3v) is 5.30. The van der Waals surface area contributed by atoms with Crippen molar-refractivity contribution in [2.24, 2.45) is 16.3 Å². The molecule has 6 heteroatoms. The quantitative estimate of drug-likeness (QED) is 0.545. The number of hydrogen-bond acceptors (Lipinski definition) is 6. The van der Waals surface area contributed by atoms with Gasteiger partial charge in [0.25, 0.3) is 0 Å². The van der Waals surface area contributed by atoms with Gasteiger partial charge in [0.2, 0.25) is 0 Å². The fraction of sp³-hybridized carbons (Fsp3) is 0.591. The number of carbonyl (C=O) groups excluding carboxylic acids is 2. The number of rotatable bonds is 6. The summed E-state index contributed by atoms with van der Waals surface area (Å²) in [6.45, 7) is 10.8. The number of aliphatic imine (C=N–C) groups is 1. The molecule has 0 saturated carbocycles. The van der Waals surface area contributed by atoms with E-state index in [1.165, 1.54) is 0 Å². The monoisotopic (exact) mass is 387 g/mol. The van der Waals surface area contributed by atoms with Crippen LogP contribution in [-0.4, -0.2) is 37.3 Å². The summed E-state index contributed by atoms with van der Waals surface area (Å²) in [5, 5.41) is 0. The van der Waals surface area contributed by atoms with Gasteiger partial charge in [0, 0.05) is 30.0 Å². The van der Waals surface area contributed by atoms with E-state index in [4.69, 9.17) is 13.9 Å². The minimum Gasteiger partial charge on any atom is -0.466 e. The predicted octanol–water partition coefficient (Wildman–Crippen LogP) is 3.99. The van der Waals surface area contributed by atoms with Gasteiger partial charge in [-0.2, -0.15) is 0 Å². The van der Waals surface area contributed by atoms with E-state index in [1.54, 1.807) is 0 Å². The molecule has 3 rings (SSSR count). The van der Waals surface area contributed by atoms with Gasteiger partial charge in [-0.1, -0.05) is 13.8 Å². The van der Waals surface area contributed by atoms with Gasteiger partial charge in [0.1, 0.15) is 24.0 Å². The first-order valence-corrected chi connectivity index (χ1v) is 9.85. The van der Waals surface area contributed by atoms with Crippen molar-refractivity contribution in [1.82, 2.24) is 0 Å². The van der Waals surface area contributed by atoms with Crippen LogP contribution in [0.5, 0.6) is 0 Å². The molecule has 0 saturated heterocycles. The van der Waals surface area contributed by atoms with Crippen LogP contribution in [0.3, 0.4) is 0 Å². The molecule has 2 heterocycles. The predicted molar refractivity (Wildman–Crippen MR) is 105 cm³/mol. The zero-order valence-corrected chi connectivity index (χ0v) is 17.3. The molecule has 0 fully saturated rings. The van der Waals surface area contributed by atoms with E-state index >= 15 is 0 Å². The summed E-state index contributed by atoms with van der Waals surface area (Å²) >= 11 is 0. The highest BCUT2D eigenvalue weighted by molar-refractivity contribution is 6.08. The van der Waals surface area contributed by atoms with Gasteiger partial charge in [-0.05, 0) is 44.7 Å². The van der Waals surface area contributed by atoms with E-state index in [0.717, 1.165) is 11.5 Å². The van der Waals surface area contributed by atoms with Crippen LogP contribution in [0.15, 0.2) is 32.8 Å². The van der Waals surface area contributed by atoms with Gasteiger partial charge >= 0.3 is 5.97 Å². The third kappa shape index (κ3) is 4.12. The lowest BCUT2D eigenvalue weighted by atomic mass is 9.68. The maximum atomic E-state index is 13.1. The maximum absolute atomic E-state index is 13.1. The molecule has 0 amide bonds. The maximum Gasteiger partial charge on any atom is 0.315 e. The van der Waals surface area contributed by atoms with Crippen LogP contribution in [-0.2, 0) is 19.1 Å². The Balaban J connectivity index is 1.98. The summed E-state index contributed by atoms with van der Waals surface area (Å²) in [5.41, 5.74) is 1.89. The zero-order valence-electron chi connectivity index (χ0n) is 17.3. The van der Waals surface area contributed by atoms with E-state index in [-0.39, 0.29) is 17.8 Å². The smallest absolute Gasteiger partial charge is 0.315 e. The topological polar surface area (TPSA) is 78.1 Å². The molecule has 0 spiro atoms. The van der Waals surface area contributed by atoms with Crippen molar-refractivity contribution in [1.29, 1.82) is 0 Å². The van der Waals surface area contributed by atoms with Crippen LogP contribution in [0, 0.1) is 18.3 Å². The summed E-state index contributed by atoms with van der Waals surface area (Å²) in [6, 6.07) is 3.70. The third-order valence-electron chi connectivity index (χ3n) is 5.30. The Labute approximate surface area is 166 Å². The van der Waals surface area contributed by atoms with Crippen LogP contribution in [0.25, 0.3) is 0 Å². The van der Waals surface area contributed by atoms with Crippen molar-refractivity contribution < 1.29 is 23.5 Å². The van der Waals surface area contributed by atoms with E-state index in [2.05, 4.69) is 18.8 Å². The molecular formula is C22H29NO5. The largest absolute Gasteiger partial charge is 0.466 e. The Bertz CT molecular complexity index is 830. The molecule has 0 aromatic carbocycles. The zero-order chi connectivity index (χ0) is 20.5. The summed E-state index contributed by atoms with van der Waals surface area (Å²) < 4.78 is 16.6. The second kappa shape index (κ2) is 8.03. The van der Waals surface area contributed by atoms with Gasteiger partial charge in [-0.25, -0.2) is 0 Å². The number of aryl methyl sites for hydroxylation is 1. The number of nitrogens with zero attached hydrogens (tertiary/aromatic N) is 1. The molecule has 0 bridgehead atoms. The number of carbonyl (C=O) groups is 2. The molecule has 1 aliphatic carbocycles. The highest BCUT2D eigenvalue weighted by Crippen LogP contribution is 2.48. The lowest BCUT2D eigenvalue weighted by Gasteiger charge is -2.38. The fourth-order valence-electron chi connectivity index (χ4n) is 4.11.